The van der Waals surface area contributed by atoms with Gasteiger partial charge in [-0.05, 0) is 60.0 Å². The topological polar surface area (TPSA) is 89.8 Å². The van der Waals surface area contributed by atoms with Crippen molar-refractivity contribution in [3.8, 4) is 11.5 Å². The summed E-state index contributed by atoms with van der Waals surface area (Å²) in [5.41, 5.74) is 2.03. The number of carbonyl (C=O) groups is 2. The number of ether oxygens (including phenoxy) is 2. The third-order valence-electron chi connectivity index (χ3n) is 5.03. The zero-order valence-electron chi connectivity index (χ0n) is 17.4. The molecule has 31 heavy (non-hydrogen) atoms. The molecule has 0 unspecified atom stereocenters. The molecule has 0 saturated carbocycles. The van der Waals surface area contributed by atoms with Gasteiger partial charge in [0.05, 0.1) is 12.3 Å². The molecule has 0 bridgehead atoms. The second kappa shape index (κ2) is 8.95. The smallest absolute Gasteiger partial charge is 0.291 e. The number of hydrogen-bond acceptors (Lipinski definition) is 5. The molecule has 2 amide bonds. The van der Waals surface area contributed by atoms with Crippen molar-refractivity contribution in [3.05, 3.63) is 77.7 Å². The van der Waals surface area contributed by atoms with Gasteiger partial charge in [0.15, 0.2) is 17.3 Å². The third-order valence-corrected chi connectivity index (χ3v) is 5.03. The summed E-state index contributed by atoms with van der Waals surface area (Å²) in [6, 6.07) is 15.5. The van der Waals surface area contributed by atoms with Gasteiger partial charge < -0.3 is 24.5 Å². The number of hydrogen-bond donors (Lipinski definition) is 2. The van der Waals surface area contributed by atoms with Crippen LogP contribution in [-0.4, -0.2) is 25.0 Å². The summed E-state index contributed by atoms with van der Waals surface area (Å²) < 4.78 is 16.3. The molecular formula is C24H24N2O5. The van der Waals surface area contributed by atoms with Gasteiger partial charge in [-0.2, -0.15) is 0 Å². The molecular weight excluding hydrogens is 396 g/mol. The van der Waals surface area contributed by atoms with Crippen LogP contribution in [0.5, 0.6) is 11.5 Å². The highest BCUT2D eigenvalue weighted by Crippen LogP contribution is 2.34. The number of amides is 2. The molecule has 7 heteroatoms. The van der Waals surface area contributed by atoms with Crippen molar-refractivity contribution in [1.82, 2.24) is 5.32 Å². The molecule has 0 aliphatic carbocycles. The fourth-order valence-electron chi connectivity index (χ4n) is 3.42. The third kappa shape index (κ3) is 4.71. The second-order valence-corrected chi connectivity index (χ2v) is 7.61. The van der Waals surface area contributed by atoms with Crippen LogP contribution in [0.25, 0.3) is 0 Å². The first-order valence-electron chi connectivity index (χ1n) is 10.2. The van der Waals surface area contributed by atoms with Crippen LogP contribution in [-0.2, 0) is 0 Å². The van der Waals surface area contributed by atoms with Gasteiger partial charge in [-0.1, -0.05) is 19.9 Å². The monoisotopic (exact) mass is 420 g/mol. The molecule has 2 aromatic carbocycles. The van der Waals surface area contributed by atoms with E-state index in [1.54, 1.807) is 36.4 Å². The van der Waals surface area contributed by atoms with Gasteiger partial charge in [-0.15, -0.1) is 0 Å². The zero-order valence-corrected chi connectivity index (χ0v) is 17.4. The highest BCUT2D eigenvalue weighted by atomic mass is 16.6. The number of carbonyl (C=O) groups excluding carboxylic acids is 2. The van der Waals surface area contributed by atoms with Gasteiger partial charge in [-0.3, -0.25) is 9.59 Å². The SMILES string of the molecule is CC(C)[C@@H](NC(=O)c1ccc(NC(=O)c2ccco2)cc1)c1ccc2c(c1)OCCO2. The molecule has 160 valence electrons. The Hall–Kier alpha value is -3.74. The number of fused-ring (bicyclic) bond motifs is 1. The van der Waals surface area contributed by atoms with Crippen LogP contribution in [0.1, 0.15) is 46.4 Å². The van der Waals surface area contributed by atoms with Crippen molar-refractivity contribution in [3.63, 3.8) is 0 Å². The molecule has 0 saturated heterocycles. The Morgan fingerprint density at radius 2 is 1.65 bits per heavy atom. The number of nitrogens with one attached hydrogen (secondary N) is 2. The Bertz CT molecular complexity index is 1060. The van der Waals surface area contributed by atoms with Crippen LogP contribution in [0.4, 0.5) is 5.69 Å². The summed E-state index contributed by atoms with van der Waals surface area (Å²) in [7, 11) is 0. The largest absolute Gasteiger partial charge is 0.486 e. The van der Waals surface area contributed by atoms with Gasteiger partial charge in [0.25, 0.3) is 11.8 Å². The molecule has 0 fully saturated rings. The maximum Gasteiger partial charge on any atom is 0.291 e. The van der Waals surface area contributed by atoms with Gasteiger partial charge >= 0.3 is 0 Å². The zero-order chi connectivity index (χ0) is 21.8. The number of anilines is 1. The Balaban J connectivity index is 1.45. The van der Waals surface area contributed by atoms with E-state index < -0.39 is 0 Å². The Morgan fingerprint density at radius 1 is 0.903 bits per heavy atom. The van der Waals surface area contributed by atoms with Crippen LogP contribution in [0, 0.1) is 5.92 Å². The fraction of sp³-hybridized carbons (Fsp3) is 0.250. The summed E-state index contributed by atoms with van der Waals surface area (Å²) in [6.45, 7) is 5.15. The van der Waals surface area contributed by atoms with E-state index in [4.69, 9.17) is 13.9 Å². The molecule has 3 aromatic rings. The van der Waals surface area contributed by atoms with Crippen molar-refractivity contribution >= 4 is 17.5 Å². The minimum Gasteiger partial charge on any atom is -0.486 e. The predicted molar refractivity (Wildman–Crippen MR) is 116 cm³/mol. The van der Waals surface area contributed by atoms with Crippen LogP contribution in [0.2, 0.25) is 0 Å². The van der Waals surface area contributed by atoms with E-state index in [9.17, 15) is 9.59 Å². The average Bonchev–Trinajstić information content (AvgIpc) is 3.32. The first-order valence-corrected chi connectivity index (χ1v) is 10.2. The van der Waals surface area contributed by atoms with Crippen molar-refractivity contribution < 1.29 is 23.5 Å². The van der Waals surface area contributed by atoms with Crippen molar-refractivity contribution in [2.45, 2.75) is 19.9 Å². The first-order chi connectivity index (χ1) is 15.0. The van der Waals surface area contributed by atoms with E-state index in [-0.39, 0.29) is 29.5 Å². The molecule has 1 aromatic heterocycles. The number of benzene rings is 2. The van der Waals surface area contributed by atoms with E-state index >= 15 is 0 Å². The van der Waals surface area contributed by atoms with Crippen LogP contribution in [0.3, 0.4) is 0 Å². The predicted octanol–water partition coefficient (Wildman–Crippen LogP) is 4.43. The second-order valence-electron chi connectivity index (χ2n) is 7.61. The lowest BCUT2D eigenvalue weighted by Gasteiger charge is -2.25. The van der Waals surface area contributed by atoms with Gasteiger partial charge in [0.2, 0.25) is 0 Å². The minimum absolute atomic E-state index is 0.165. The summed E-state index contributed by atoms with van der Waals surface area (Å²) in [4.78, 5) is 24.9. The molecule has 7 nitrogen and oxygen atoms in total. The Labute approximate surface area is 180 Å². The lowest BCUT2D eigenvalue weighted by atomic mass is 9.95. The van der Waals surface area contributed by atoms with Crippen molar-refractivity contribution in [2.75, 3.05) is 18.5 Å². The van der Waals surface area contributed by atoms with Crippen LogP contribution >= 0.6 is 0 Å². The van der Waals surface area contributed by atoms with E-state index in [1.807, 2.05) is 18.2 Å². The summed E-state index contributed by atoms with van der Waals surface area (Å²) in [5.74, 6) is 1.26. The number of rotatable bonds is 6. The molecule has 0 radical (unpaired) electrons. The Kier molecular flexibility index (Phi) is 5.93. The minimum atomic E-state index is -0.347. The quantitative estimate of drug-likeness (QED) is 0.616. The van der Waals surface area contributed by atoms with Crippen molar-refractivity contribution in [1.29, 1.82) is 0 Å². The molecule has 4 rings (SSSR count). The maximum absolute atomic E-state index is 12.9. The van der Waals surface area contributed by atoms with Gasteiger partial charge in [0.1, 0.15) is 13.2 Å². The lowest BCUT2D eigenvalue weighted by Crippen LogP contribution is -2.32. The summed E-state index contributed by atoms with van der Waals surface area (Å²) in [6.07, 6.45) is 1.44. The normalized spacial score (nSPS) is 13.5. The Morgan fingerprint density at radius 3 is 2.32 bits per heavy atom. The van der Waals surface area contributed by atoms with E-state index in [0.29, 0.717) is 30.2 Å². The first kappa shape index (κ1) is 20.5. The van der Waals surface area contributed by atoms with Crippen LogP contribution < -0.4 is 20.1 Å². The summed E-state index contributed by atoms with van der Waals surface area (Å²) in [5, 5.41) is 5.83. The molecule has 0 spiro atoms. The lowest BCUT2D eigenvalue weighted by molar-refractivity contribution is 0.0924. The molecule has 2 heterocycles. The summed E-state index contributed by atoms with van der Waals surface area (Å²) >= 11 is 0. The standard InChI is InChI=1S/C24H24N2O5/c1-15(2)22(17-7-10-19-21(14-17)31-13-12-30-19)26-23(27)16-5-8-18(9-6-16)25-24(28)20-4-3-11-29-20/h3-11,14-15,22H,12-13H2,1-2H3,(H,25,28)(H,26,27)/t22-/m1/s1. The van der Waals surface area contributed by atoms with E-state index in [0.717, 1.165) is 11.3 Å². The average molecular weight is 420 g/mol. The van der Waals surface area contributed by atoms with Gasteiger partial charge in [-0.25, -0.2) is 0 Å². The van der Waals surface area contributed by atoms with Gasteiger partial charge in [0, 0.05) is 11.3 Å². The molecule has 2 N–H and O–H groups in total. The van der Waals surface area contributed by atoms with Crippen LogP contribution in [0.15, 0.2) is 65.3 Å². The molecule has 1 aliphatic rings. The van der Waals surface area contributed by atoms with E-state index in [1.165, 1.54) is 6.26 Å². The molecule has 1 atom stereocenters. The molecule has 1 aliphatic heterocycles. The highest BCUT2D eigenvalue weighted by molar-refractivity contribution is 6.02. The van der Waals surface area contributed by atoms with Crippen molar-refractivity contribution in [2.24, 2.45) is 5.92 Å². The number of furan rings is 1. The maximum atomic E-state index is 12.9. The fourth-order valence-corrected chi connectivity index (χ4v) is 3.42. The van der Waals surface area contributed by atoms with E-state index in [2.05, 4.69) is 24.5 Å². The highest BCUT2D eigenvalue weighted by Gasteiger charge is 2.22.